The van der Waals surface area contributed by atoms with E-state index in [1.54, 1.807) is 12.3 Å². The molecule has 0 aliphatic carbocycles. The second-order valence-corrected chi connectivity index (χ2v) is 3.33. The van der Waals surface area contributed by atoms with Gasteiger partial charge in [0.1, 0.15) is 0 Å². The van der Waals surface area contributed by atoms with Gasteiger partial charge in [-0.05, 0) is 6.08 Å². The number of carbonyl (C=O) groups is 1. The Morgan fingerprint density at radius 3 is 2.85 bits per heavy atom. The van der Waals surface area contributed by atoms with Gasteiger partial charge in [-0.25, -0.2) is 0 Å². The topological polar surface area (TPSA) is 49.7 Å². The van der Waals surface area contributed by atoms with E-state index < -0.39 is 5.97 Å². The van der Waals surface area contributed by atoms with E-state index in [9.17, 15) is 4.79 Å². The molecule has 0 aromatic carbocycles. The number of aliphatic carboxylic acids is 1. The molecule has 0 amide bonds. The van der Waals surface area contributed by atoms with Crippen LogP contribution in [0.25, 0.3) is 0 Å². The second kappa shape index (κ2) is 4.34. The fraction of sp³-hybridized carbons (Fsp3) is 0.250. The largest absolute Gasteiger partial charge is 0.481 e. The summed E-state index contributed by atoms with van der Waals surface area (Å²) in [7, 11) is 0. The zero-order valence-electron chi connectivity index (χ0n) is 6.69. The van der Waals surface area contributed by atoms with Crippen LogP contribution in [-0.2, 0) is 4.79 Å². The first-order chi connectivity index (χ1) is 6.11. The highest BCUT2D eigenvalue weighted by atomic mass is 32.1. The average Bonchev–Trinajstić information content (AvgIpc) is 2.07. The van der Waals surface area contributed by atoms with Crippen LogP contribution < -0.4 is 0 Å². The second-order valence-electron chi connectivity index (χ2n) is 2.48. The van der Waals surface area contributed by atoms with E-state index in [1.807, 2.05) is 0 Å². The normalized spacial score (nSPS) is 15.8. The molecular formula is C8H7NO2S2. The molecule has 0 unspecified atom stereocenters. The molecule has 13 heavy (non-hydrogen) atoms. The zero-order valence-corrected chi connectivity index (χ0v) is 8.32. The van der Waals surface area contributed by atoms with Gasteiger partial charge in [-0.1, -0.05) is 24.4 Å². The minimum atomic E-state index is -0.856. The summed E-state index contributed by atoms with van der Waals surface area (Å²) in [6.45, 7) is 0. The summed E-state index contributed by atoms with van der Waals surface area (Å²) in [5, 5.41) is 8.45. The molecule has 0 aromatic rings. The van der Waals surface area contributed by atoms with E-state index in [2.05, 4.69) is 4.99 Å². The van der Waals surface area contributed by atoms with Gasteiger partial charge in [-0.2, -0.15) is 0 Å². The molecule has 0 saturated heterocycles. The molecule has 1 aliphatic rings. The first kappa shape index (κ1) is 10.1. The summed E-state index contributed by atoms with van der Waals surface area (Å²) < 4.78 is 0. The number of thiocarbonyl (C=S) groups is 2. The van der Waals surface area contributed by atoms with Crippen LogP contribution in [0.4, 0.5) is 0 Å². The highest BCUT2D eigenvalue weighted by Gasteiger charge is 2.14. The molecule has 1 aliphatic heterocycles. The van der Waals surface area contributed by atoms with Gasteiger partial charge < -0.3 is 5.11 Å². The highest BCUT2D eigenvalue weighted by molar-refractivity contribution is 7.91. The minimum Gasteiger partial charge on any atom is -0.481 e. The molecule has 0 atom stereocenters. The van der Waals surface area contributed by atoms with E-state index >= 15 is 0 Å². The number of aliphatic imine (C=N–C) groups is 1. The maximum atomic E-state index is 10.3. The maximum absolute atomic E-state index is 10.3. The van der Waals surface area contributed by atoms with Gasteiger partial charge in [0.05, 0.1) is 21.9 Å². The van der Waals surface area contributed by atoms with Crippen molar-refractivity contribution in [1.82, 2.24) is 0 Å². The van der Waals surface area contributed by atoms with Crippen LogP contribution in [0.15, 0.2) is 17.3 Å². The standard InChI is InChI=1S/C8H7NO2S2/c10-7(11)2-1-5-8(13)6(12)3-4-9-5/h3-4H,1-2H2,(H,10,11). The smallest absolute Gasteiger partial charge is 0.303 e. The summed E-state index contributed by atoms with van der Waals surface area (Å²) in [5.74, 6) is -0.856. The maximum Gasteiger partial charge on any atom is 0.303 e. The van der Waals surface area contributed by atoms with Gasteiger partial charge in [0, 0.05) is 12.6 Å². The molecule has 3 nitrogen and oxygen atoms in total. The quantitative estimate of drug-likeness (QED) is 0.723. The van der Waals surface area contributed by atoms with Gasteiger partial charge in [0.25, 0.3) is 0 Å². The Morgan fingerprint density at radius 2 is 2.23 bits per heavy atom. The van der Waals surface area contributed by atoms with Crippen molar-refractivity contribution in [3.63, 3.8) is 0 Å². The predicted molar refractivity (Wildman–Crippen MR) is 58.6 cm³/mol. The Morgan fingerprint density at radius 1 is 1.54 bits per heavy atom. The number of rotatable bonds is 3. The molecular weight excluding hydrogens is 206 g/mol. The summed E-state index contributed by atoms with van der Waals surface area (Å²) in [5.41, 5.74) is 0.602. The Labute approximate surface area is 86.2 Å². The van der Waals surface area contributed by atoms with Crippen molar-refractivity contribution >= 4 is 45.8 Å². The Bertz CT molecular complexity index is 331. The Kier molecular flexibility index (Phi) is 3.39. The molecule has 0 saturated carbocycles. The van der Waals surface area contributed by atoms with Crippen LogP contribution in [0.2, 0.25) is 0 Å². The highest BCUT2D eigenvalue weighted by Crippen LogP contribution is 2.05. The van der Waals surface area contributed by atoms with Crippen molar-refractivity contribution in [3.05, 3.63) is 12.3 Å². The lowest BCUT2D eigenvalue weighted by atomic mass is 10.1. The summed E-state index contributed by atoms with van der Waals surface area (Å²) in [6, 6.07) is 0. The number of hydrogen-bond donors (Lipinski definition) is 1. The number of carboxylic acid groups (broad SMARTS) is 1. The Balaban J connectivity index is 2.64. The summed E-state index contributed by atoms with van der Waals surface area (Å²) in [6.07, 6.45) is 3.57. The zero-order chi connectivity index (χ0) is 9.84. The lowest BCUT2D eigenvalue weighted by molar-refractivity contribution is -0.136. The lowest BCUT2D eigenvalue weighted by Gasteiger charge is -2.08. The van der Waals surface area contributed by atoms with E-state index in [1.165, 1.54) is 0 Å². The predicted octanol–water partition coefficient (Wildman–Crippen LogP) is 1.56. The number of allylic oxidation sites excluding steroid dienone is 1. The van der Waals surface area contributed by atoms with Crippen LogP contribution in [0.3, 0.4) is 0 Å². The van der Waals surface area contributed by atoms with Crippen LogP contribution in [0.1, 0.15) is 12.8 Å². The average molecular weight is 213 g/mol. The summed E-state index contributed by atoms with van der Waals surface area (Å²) in [4.78, 5) is 15.3. The molecule has 0 spiro atoms. The van der Waals surface area contributed by atoms with Crippen LogP contribution in [0, 0.1) is 0 Å². The van der Waals surface area contributed by atoms with E-state index in [0.29, 0.717) is 21.9 Å². The SMILES string of the molecule is O=C(O)CCC1=NC=CC(=S)C1=S. The van der Waals surface area contributed by atoms with Crippen molar-refractivity contribution in [2.24, 2.45) is 4.99 Å². The fourth-order valence-electron chi connectivity index (χ4n) is 0.875. The first-order valence-electron chi connectivity index (χ1n) is 3.65. The lowest BCUT2D eigenvalue weighted by Crippen LogP contribution is -2.22. The van der Waals surface area contributed by atoms with Crippen molar-refractivity contribution in [1.29, 1.82) is 0 Å². The molecule has 0 radical (unpaired) electrons. The minimum absolute atomic E-state index is 0.0371. The van der Waals surface area contributed by atoms with Crippen molar-refractivity contribution in [3.8, 4) is 0 Å². The van der Waals surface area contributed by atoms with Crippen molar-refractivity contribution in [2.75, 3.05) is 0 Å². The molecule has 68 valence electrons. The third-order valence-electron chi connectivity index (χ3n) is 1.52. The van der Waals surface area contributed by atoms with Crippen LogP contribution in [-0.4, -0.2) is 26.5 Å². The van der Waals surface area contributed by atoms with Crippen molar-refractivity contribution < 1.29 is 9.90 Å². The van der Waals surface area contributed by atoms with Gasteiger partial charge in [0.2, 0.25) is 0 Å². The van der Waals surface area contributed by atoms with E-state index in [-0.39, 0.29) is 6.42 Å². The third kappa shape index (κ3) is 2.78. The van der Waals surface area contributed by atoms with Gasteiger partial charge in [-0.3, -0.25) is 9.79 Å². The molecule has 0 aromatic heterocycles. The first-order valence-corrected chi connectivity index (χ1v) is 4.46. The molecule has 5 heteroatoms. The number of carboxylic acids is 1. The van der Waals surface area contributed by atoms with Gasteiger partial charge in [0.15, 0.2) is 0 Å². The van der Waals surface area contributed by atoms with E-state index in [4.69, 9.17) is 29.5 Å². The number of nitrogens with zero attached hydrogens (tertiary/aromatic N) is 1. The molecule has 1 heterocycles. The van der Waals surface area contributed by atoms with E-state index in [0.717, 1.165) is 0 Å². The van der Waals surface area contributed by atoms with Crippen LogP contribution in [0.5, 0.6) is 0 Å². The Hall–Kier alpha value is -0.940. The molecule has 1 N–H and O–H groups in total. The monoisotopic (exact) mass is 213 g/mol. The molecule has 1 rings (SSSR count). The van der Waals surface area contributed by atoms with Crippen LogP contribution >= 0.6 is 24.4 Å². The molecule has 0 bridgehead atoms. The van der Waals surface area contributed by atoms with Gasteiger partial charge >= 0.3 is 5.97 Å². The van der Waals surface area contributed by atoms with Gasteiger partial charge in [-0.15, -0.1) is 0 Å². The third-order valence-corrected chi connectivity index (χ3v) is 2.44. The fourth-order valence-corrected chi connectivity index (χ4v) is 1.28. The summed E-state index contributed by atoms with van der Waals surface area (Å²) >= 11 is 9.91. The number of hydrogen-bond acceptors (Lipinski definition) is 4. The molecule has 0 fully saturated rings. The van der Waals surface area contributed by atoms with Crippen molar-refractivity contribution in [2.45, 2.75) is 12.8 Å².